The standard InChI is InChI=1S/C19H32N4O3S/c1-16(2)15-19(24)20-9-10-23(27(4,25)26)18-7-5-17(6-8-18)22-13-11-21(3)12-14-22/h5-8,16H,9-15H2,1-4H3,(H,20,24). The molecule has 0 unspecified atom stereocenters. The van der Waals surface area contributed by atoms with Gasteiger partial charge in [-0.2, -0.15) is 0 Å². The molecule has 0 aromatic heterocycles. The molecule has 1 heterocycles. The summed E-state index contributed by atoms with van der Waals surface area (Å²) in [5.41, 5.74) is 1.72. The number of nitrogens with one attached hydrogen (secondary N) is 1. The number of carbonyl (C=O) groups is 1. The molecule has 0 saturated carbocycles. The lowest BCUT2D eigenvalue weighted by molar-refractivity contribution is -0.121. The van der Waals surface area contributed by atoms with Crippen molar-refractivity contribution < 1.29 is 13.2 Å². The Hall–Kier alpha value is -1.80. The fraction of sp³-hybridized carbons (Fsp3) is 0.632. The van der Waals surface area contributed by atoms with E-state index in [0.29, 0.717) is 18.7 Å². The lowest BCUT2D eigenvalue weighted by Gasteiger charge is -2.34. The smallest absolute Gasteiger partial charge is 0.232 e. The van der Waals surface area contributed by atoms with Gasteiger partial charge in [0.15, 0.2) is 0 Å². The Morgan fingerprint density at radius 2 is 1.74 bits per heavy atom. The van der Waals surface area contributed by atoms with Gasteiger partial charge in [0, 0.05) is 44.8 Å². The number of sulfonamides is 1. The van der Waals surface area contributed by atoms with Crippen LogP contribution < -0.4 is 14.5 Å². The second-order valence-electron chi connectivity index (χ2n) is 7.59. The second-order valence-corrected chi connectivity index (χ2v) is 9.50. The highest BCUT2D eigenvalue weighted by Gasteiger charge is 2.19. The maximum Gasteiger partial charge on any atom is 0.232 e. The molecule has 1 aromatic rings. The third kappa shape index (κ3) is 6.70. The number of likely N-dealkylation sites (N-methyl/N-ethyl adjacent to an activating group) is 1. The van der Waals surface area contributed by atoms with E-state index in [1.54, 1.807) is 0 Å². The van der Waals surface area contributed by atoms with Crippen LogP contribution in [-0.4, -0.2) is 71.8 Å². The van der Waals surface area contributed by atoms with Crippen molar-refractivity contribution in [1.29, 1.82) is 0 Å². The lowest BCUT2D eigenvalue weighted by Crippen LogP contribution is -2.44. The van der Waals surface area contributed by atoms with Crippen LogP contribution in [0.4, 0.5) is 11.4 Å². The SMILES string of the molecule is CC(C)CC(=O)NCCN(c1ccc(N2CCN(C)CC2)cc1)S(C)(=O)=O. The van der Waals surface area contributed by atoms with Crippen molar-refractivity contribution in [2.75, 3.05) is 61.8 Å². The van der Waals surface area contributed by atoms with Crippen LogP contribution in [0, 0.1) is 5.92 Å². The Labute approximate surface area is 163 Å². The number of piperazine rings is 1. The highest BCUT2D eigenvalue weighted by atomic mass is 32.2. The van der Waals surface area contributed by atoms with Crippen molar-refractivity contribution >= 4 is 27.3 Å². The van der Waals surface area contributed by atoms with E-state index < -0.39 is 10.0 Å². The van der Waals surface area contributed by atoms with Crippen molar-refractivity contribution in [3.8, 4) is 0 Å². The Bertz CT molecular complexity index is 711. The molecule has 27 heavy (non-hydrogen) atoms. The fourth-order valence-electron chi connectivity index (χ4n) is 3.12. The predicted octanol–water partition coefficient (Wildman–Crippen LogP) is 1.37. The summed E-state index contributed by atoms with van der Waals surface area (Å²) in [6.07, 6.45) is 1.63. The second kappa shape index (κ2) is 9.41. The number of anilines is 2. The molecular weight excluding hydrogens is 364 g/mol. The Kier molecular flexibility index (Phi) is 7.49. The minimum atomic E-state index is -3.42. The van der Waals surface area contributed by atoms with Crippen LogP contribution >= 0.6 is 0 Å². The monoisotopic (exact) mass is 396 g/mol. The maximum atomic E-state index is 12.2. The van der Waals surface area contributed by atoms with E-state index >= 15 is 0 Å². The molecule has 7 nitrogen and oxygen atoms in total. The third-order valence-corrected chi connectivity index (χ3v) is 5.83. The Morgan fingerprint density at radius 1 is 1.15 bits per heavy atom. The first kappa shape index (κ1) is 21.5. The average molecular weight is 397 g/mol. The molecule has 0 radical (unpaired) electrons. The van der Waals surface area contributed by atoms with Gasteiger partial charge in [-0.1, -0.05) is 13.8 Å². The van der Waals surface area contributed by atoms with Crippen LogP contribution in [0.25, 0.3) is 0 Å². The van der Waals surface area contributed by atoms with Crippen LogP contribution in [0.2, 0.25) is 0 Å². The summed E-state index contributed by atoms with van der Waals surface area (Å²) >= 11 is 0. The highest BCUT2D eigenvalue weighted by Crippen LogP contribution is 2.23. The van der Waals surface area contributed by atoms with Crippen molar-refractivity contribution in [2.45, 2.75) is 20.3 Å². The van der Waals surface area contributed by atoms with Gasteiger partial charge in [-0.15, -0.1) is 0 Å². The molecule has 1 amide bonds. The Balaban J connectivity index is 2.01. The lowest BCUT2D eigenvalue weighted by atomic mass is 10.1. The quantitative estimate of drug-likeness (QED) is 0.718. The predicted molar refractivity (Wildman–Crippen MR) is 111 cm³/mol. The minimum Gasteiger partial charge on any atom is -0.369 e. The Morgan fingerprint density at radius 3 is 2.26 bits per heavy atom. The summed E-state index contributed by atoms with van der Waals surface area (Å²) < 4.78 is 25.8. The number of carbonyl (C=O) groups excluding carboxylic acids is 1. The van der Waals surface area contributed by atoms with E-state index in [-0.39, 0.29) is 18.4 Å². The number of hydrogen-bond donors (Lipinski definition) is 1. The molecule has 0 atom stereocenters. The van der Waals surface area contributed by atoms with Gasteiger partial charge in [0.25, 0.3) is 0 Å². The van der Waals surface area contributed by atoms with Gasteiger partial charge in [0.05, 0.1) is 18.5 Å². The van der Waals surface area contributed by atoms with Crippen LogP contribution in [-0.2, 0) is 14.8 Å². The third-order valence-electron chi connectivity index (χ3n) is 4.64. The fourth-order valence-corrected chi connectivity index (χ4v) is 4.05. The van der Waals surface area contributed by atoms with Gasteiger partial charge in [0.2, 0.25) is 15.9 Å². The average Bonchev–Trinajstić information content (AvgIpc) is 2.58. The van der Waals surface area contributed by atoms with Crippen molar-refractivity contribution in [3.63, 3.8) is 0 Å². The molecule has 1 saturated heterocycles. The summed E-state index contributed by atoms with van der Waals surface area (Å²) in [6, 6.07) is 7.61. The largest absolute Gasteiger partial charge is 0.369 e. The van der Waals surface area contributed by atoms with E-state index in [1.807, 2.05) is 38.1 Å². The van der Waals surface area contributed by atoms with E-state index in [0.717, 1.165) is 31.9 Å². The summed E-state index contributed by atoms with van der Waals surface area (Å²) in [7, 11) is -1.31. The van der Waals surface area contributed by atoms with Crippen molar-refractivity contribution in [1.82, 2.24) is 10.2 Å². The molecular formula is C19H32N4O3S. The van der Waals surface area contributed by atoms with E-state index in [4.69, 9.17) is 0 Å². The molecule has 152 valence electrons. The topological polar surface area (TPSA) is 73.0 Å². The van der Waals surface area contributed by atoms with Gasteiger partial charge in [-0.05, 0) is 37.2 Å². The normalized spacial score (nSPS) is 15.8. The van der Waals surface area contributed by atoms with E-state index in [9.17, 15) is 13.2 Å². The molecule has 2 rings (SSSR count). The molecule has 0 bridgehead atoms. The van der Waals surface area contributed by atoms with Gasteiger partial charge < -0.3 is 15.1 Å². The summed E-state index contributed by atoms with van der Waals surface area (Å²) in [5, 5.41) is 2.80. The van der Waals surface area contributed by atoms with Crippen molar-refractivity contribution in [2.24, 2.45) is 5.92 Å². The first-order valence-electron chi connectivity index (χ1n) is 9.45. The van der Waals surface area contributed by atoms with E-state index in [2.05, 4.69) is 22.2 Å². The molecule has 8 heteroatoms. The molecule has 1 N–H and O–H groups in total. The maximum absolute atomic E-state index is 12.2. The molecule has 0 aliphatic carbocycles. The zero-order chi connectivity index (χ0) is 20.0. The molecule has 1 fully saturated rings. The van der Waals surface area contributed by atoms with Crippen LogP contribution in [0.1, 0.15) is 20.3 Å². The van der Waals surface area contributed by atoms with Crippen LogP contribution in [0.3, 0.4) is 0 Å². The number of rotatable bonds is 8. The first-order chi connectivity index (χ1) is 12.7. The molecule has 1 aliphatic heterocycles. The van der Waals surface area contributed by atoms with Crippen LogP contribution in [0.5, 0.6) is 0 Å². The van der Waals surface area contributed by atoms with Crippen molar-refractivity contribution in [3.05, 3.63) is 24.3 Å². The number of amides is 1. The van der Waals surface area contributed by atoms with Gasteiger partial charge >= 0.3 is 0 Å². The zero-order valence-corrected chi connectivity index (χ0v) is 17.6. The minimum absolute atomic E-state index is 0.0520. The summed E-state index contributed by atoms with van der Waals surface area (Å²) in [6.45, 7) is 8.44. The number of nitrogens with zero attached hydrogens (tertiary/aromatic N) is 3. The molecule has 0 spiro atoms. The number of hydrogen-bond acceptors (Lipinski definition) is 5. The van der Waals surface area contributed by atoms with Gasteiger partial charge in [0.1, 0.15) is 0 Å². The summed E-state index contributed by atoms with van der Waals surface area (Å²) in [5.74, 6) is 0.224. The van der Waals surface area contributed by atoms with Gasteiger partial charge in [-0.3, -0.25) is 9.10 Å². The highest BCUT2D eigenvalue weighted by molar-refractivity contribution is 7.92. The summed E-state index contributed by atoms with van der Waals surface area (Å²) in [4.78, 5) is 16.4. The number of benzene rings is 1. The zero-order valence-electron chi connectivity index (χ0n) is 16.8. The first-order valence-corrected chi connectivity index (χ1v) is 11.3. The van der Waals surface area contributed by atoms with Crippen LogP contribution in [0.15, 0.2) is 24.3 Å². The van der Waals surface area contributed by atoms with Gasteiger partial charge in [-0.25, -0.2) is 8.42 Å². The van der Waals surface area contributed by atoms with E-state index in [1.165, 1.54) is 10.6 Å². The molecule has 1 aromatic carbocycles. The molecule has 1 aliphatic rings.